The molecule has 3 rings (SSSR count). The number of nitrogens with one attached hydrogen (secondary N) is 1. The van der Waals surface area contributed by atoms with Crippen LogP contribution in [0.15, 0.2) is 77.9 Å². The highest BCUT2D eigenvalue weighted by Crippen LogP contribution is 2.15. The first kappa shape index (κ1) is 18.9. The number of benzene rings is 3. The molecule has 3 aromatic carbocycles. The Hall–Kier alpha value is -3.87. The predicted molar refractivity (Wildman–Crippen MR) is 99.3 cm³/mol. The smallest absolute Gasteiger partial charge is 0.346 e. The molecular weight excluding hydrogens is 366 g/mol. The molecule has 140 valence electrons. The molecule has 0 saturated carbocycles. The molecule has 0 aliphatic rings. The Balaban J connectivity index is 1.59. The summed E-state index contributed by atoms with van der Waals surface area (Å²) in [5.41, 5.74) is 2.54. The van der Waals surface area contributed by atoms with Gasteiger partial charge in [0.2, 0.25) is 0 Å². The van der Waals surface area contributed by atoms with E-state index in [9.17, 15) is 18.4 Å². The maximum absolute atomic E-state index is 13.6. The summed E-state index contributed by atoms with van der Waals surface area (Å²) in [7, 11) is 0. The number of carbonyl (C=O) groups is 2. The van der Waals surface area contributed by atoms with E-state index in [-0.39, 0.29) is 16.9 Å². The molecule has 0 atom stereocenters. The molecule has 3 aromatic rings. The lowest BCUT2D eigenvalue weighted by Gasteiger charge is -2.05. The number of hydrogen-bond acceptors (Lipinski definition) is 4. The van der Waals surface area contributed by atoms with Crippen molar-refractivity contribution in [1.29, 1.82) is 0 Å². The lowest BCUT2D eigenvalue weighted by molar-refractivity contribution is 0.0729. The molecule has 0 radical (unpaired) electrons. The second kappa shape index (κ2) is 8.68. The van der Waals surface area contributed by atoms with Gasteiger partial charge in [-0.1, -0.05) is 24.3 Å². The zero-order valence-electron chi connectivity index (χ0n) is 14.4. The third kappa shape index (κ3) is 4.64. The Kier molecular flexibility index (Phi) is 5.86. The number of amides is 1. The zero-order chi connectivity index (χ0) is 19.9. The molecule has 0 aromatic heterocycles. The minimum atomic E-state index is -0.809. The van der Waals surface area contributed by atoms with Gasteiger partial charge < -0.3 is 4.74 Å². The van der Waals surface area contributed by atoms with Gasteiger partial charge in [-0.15, -0.1) is 0 Å². The van der Waals surface area contributed by atoms with E-state index in [1.165, 1.54) is 60.8 Å². The molecule has 0 aliphatic heterocycles. The number of nitrogens with zero attached hydrogens (tertiary/aromatic N) is 1. The quantitative estimate of drug-likeness (QED) is 0.315. The Bertz CT molecular complexity index is 1030. The van der Waals surface area contributed by atoms with Crippen molar-refractivity contribution in [3.8, 4) is 5.75 Å². The number of hydrogen-bond donors (Lipinski definition) is 1. The van der Waals surface area contributed by atoms with Crippen molar-refractivity contribution in [2.24, 2.45) is 5.10 Å². The van der Waals surface area contributed by atoms with Crippen LogP contribution in [0.1, 0.15) is 26.3 Å². The van der Waals surface area contributed by atoms with Crippen LogP contribution in [0.5, 0.6) is 5.75 Å². The van der Waals surface area contributed by atoms with Crippen molar-refractivity contribution < 1.29 is 23.1 Å². The van der Waals surface area contributed by atoms with Crippen LogP contribution in [0.4, 0.5) is 8.78 Å². The van der Waals surface area contributed by atoms with Crippen molar-refractivity contribution in [1.82, 2.24) is 5.43 Å². The highest BCUT2D eigenvalue weighted by atomic mass is 19.1. The summed E-state index contributed by atoms with van der Waals surface area (Å²) in [5.74, 6) is -2.57. The summed E-state index contributed by atoms with van der Waals surface area (Å²) in [6, 6.07) is 17.2. The molecule has 0 spiro atoms. The molecule has 0 unspecified atom stereocenters. The van der Waals surface area contributed by atoms with Crippen molar-refractivity contribution >= 4 is 18.1 Å². The first-order valence-corrected chi connectivity index (χ1v) is 8.19. The van der Waals surface area contributed by atoms with Crippen LogP contribution >= 0.6 is 0 Å². The Morgan fingerprint density at radius 2 is 1.39 bits per heavy atom. The summed E-state index contributed by atoms with van der Waals surface area (Å²) in [6.07, 6.45) is 1.35. The Labute approximate surface area is 159 Å². The summed E-state index contributed by atoms with van der Waals surface area (Å²) < 4.78 is 32.2. The molecule has 0 saturated heterocycles. The van der Waals surface area contributed by atoms with Crippen LogP contribution in [-0.2, 0) is 0 Å². The van der Waals surface area contributed by atoms with Crippen molar-refractivity contribution in [2.75, 3.05) is 0 Å². The number of halogens is 2. The van der Waals surface area contributed by atoms with Crippen LogP contribution in [0.3, 0.4) is 0 Å². The van der Waals surface area contributed by atoms with Crippen molar-refractivity contribution in [3.05, 3.63) is 101 Å². The van der Waals surface area contributed by atoms with Crippen LogP contribution in [0, 0.1) is 11.6 Å². The van der Waals surface area contributed by atoms with Gasteiger partial charge in [-0.2, -0.15) is 5.10 Å². The first-order chi connectivity index (χ1) is 13.5. The summed E-state index contributed by atoms with van der Waals surface area (Å²) in [6.45, 7) is 0. The second-order valence-electron chi connectivity index (χ2n) is 5.62. The molecule has 0 aliphatic carbocycles. The molecule has 0 heterocycles. The summed E-state index contributed by atoms with van der Waals surface area (Å²) in [5, 5.41) is 3.76. The molecular formula is C21H14F2N2O3. The molecule has 1 amide bonds. The number of rotatable bonds is 5. The van der Waals surface area contributed by atoms with Gasteiger partial charge in [0.05, 0.1) is 17.3 Å². The largest absolute Gasteiger partial charge is 0.423 e. The molecule has 0 fully saturated rings. The minimum Gasteiger partial charge on any atom is -0.423 e. The van der Waals surface area contributed by atoms with Gasteiger partial charge >= 0.3 is 5.97 Å². The van der Waals surface area contributed by atoms with E-state index in [0.29, 0.717) is 5.56 Å². The van der Waals surface area contributed by atoms with Gasteiger partial charge in [0, 0.05) is 0 Å². The van der Waals surface area contributed by atoms with E-state index >= 15 is 0 Å². The lowest BCUT2D eigenvalue weighted by Crippen LogP contribution is -2.18. The highest BCUT2D eigenvalue weighted by Gasteiger charge is 2.13. The molecule has 7 heteroatoms. The third-order valence-corrected chi connectivity index (χ3v) is 3.68. The lowest BCUT2D eigenvalue weighted by atomic mass is 10.2. The number of esters is 1. The van der Waals surface area contributed by atoms with Gasteiger partial charge in [0.15, 0.2) is 0 Å². The molecule has 28 heavy (non-hydrogen) atoms. The van der Waals surface area contributed by atoms with Gasteiger partial charge in [0.1, 0.15) is 17.4 Å². The Morgan fingerprint density at radius 1 is 0.821 bits per heavy atom. The molecule has 5 nitrogen and oxygen atoms in total. The topological polar surface area (TPSA) is 67.8 Å². The third-order valence-electron chi connectivity index (χ3n) is 3.68. The standard InChI is InChI=1S/C21H14F2N2O3/c22-18-7-3-1-5-16(18)20(26)25-24-13-14-9-11-15(12-10-14)28-21(27)17-6-2-4-8-19(17)23/h1-13H,(H,25,26)/b24-13+. The average Bonchev–Trinajstić information content (AvgIpc) is 2.70. The van der Waals surface area contributed by atoms with Crippen molar-refractivity contribution in [2.45, 2.75) is 0 Å². The second-order valence-corrected chi connectivity index (χ2v) is 5.62. The van der Waals surface area contributed by atoms with E-state index in [2.05, 4.69) is 10.5 Å². The maximum atomic E-state index is 13.6. The monoisotopic (exact) mass is 380 g/mol. The van der Waals surface area contributed by atoms with E-state index in [1.54, 1.807) is 18.2 Å². The maximum Gasteiger partial charge on any atom is 0.346 e. The fraction of sp³-hybridized carbons (Fsp3) is 0. The van der Waals surface area contributed by atoms with Gasteiger partial charge in [-0.25, -0.2) is 19.0 Å². The summed E-state index contributed by atoms with van der Waals surface area (Å²) >= 11 is 0. The van der Waals surface area contributed by atoms with Crippen LogP contribution in [-0.4, -0.2) is 18.1 Å². The molecule has 1 N–H and O–H groups in total. The van der Waals surface area contributed by atoms with Crippen molar-refractivity contribution in [3.63, 3.8) is 0 Å². The number of ether oxygens (including phenoxy) is 1. The normalized spacial score (nSPS) is 10.6. The minimum absolute atomic E-state index is 0.116. The SMILES string of the molecule is O=C(N/N=C/c1ccc(OC(=O)c2ccccc2F)cc1)c1ccccc1F. The fourth-order valence-electron chi connectivity index (χ4n) is 2.28. The fourth-order valence-corrected chi connectivity index (χ4v) is 2.28. The van der Waals surface area contributed by atoms with Crippen LogP contribution in [0.2, 0.25) is 0 Å². The zero-order valence-corrected chi connectivity index (χ0v) is 14.4. The van der Waals surface area contributed by atoms with Gasteiger partial charge in [0.25, 0.3) is 5.91 Å². The van der Waals surface area contributed by atoms with E-state index in [4.69, 9.17) is 4.74 Å². The number of carbonyl (C=O) groups excluding carboxylic acids is 2. The van der Waals surface area contributed by atoms with E-state index < -0.39 is 23.5 Å². The first-order valence-electron chi connectivity index (χ1n) is 8.19. The Morgan fingerprint density at radius 3 is 2.00 bits per heavy atom. The average molecular weight is 380 g/mol. The van der Waals surface area contributed by atoms with E-state index in [1.807, 2.05) is 0 Å². The number of hydrazone groups is 1. The van der Waals surface area contributed by atoms with Gasteiger partial charge in [-0.05, 0) is 54.1 Å². The van der Waals surface area contributed by atoms with Crippen LogP contribution < -0.4 is 10.2 Å². The summed E-state index contributed by atoms with van der Waals surface area (Å²) in [4.78, 5) is 23.8. The highest BCUT2D eigenvalue weighted by molar-refractivity contribution is 5.95. The van der Waals surface area contributed by atoms with E-state index in [0.717, 1.165) is 0 Å². The predicted octanol–water partition coefficient (Wildman–Crippen LogP) is 3.95. The van der Waals surface area contributed by atoms with Gasteiger partial charge in [-0.3, -0.25) is 4.79 Å². The van der Waals surface area contributed by atoms with Crippen LogP contribution in [0.25, 0.3) is 0 Å². The molecule has 0 bridgehead atoms.